The number of rotatable bonds is 4. The Balaban J connectivity index is 2.34. The number of halogens is 1. The van der Waals surface area contributed by atoms with Gasteiger partial charge < -0.3 is 5.32 Å². The fraction of sp³-hybridized carbons (Fsp3) is 0.600. The van der Waals surface area contributed by atoms with Gasteiger partial charge in [-0.2, -0.15) is 4.31 Å². The Hall–Kier alpha value is -0.980. The minimum absolute atomic E-state index is 0.258. The molecule has 6 heteroatoms. The lowest BCUT2D eigenvalue weighted by molar-refractivity contribution is 0.263. The first kappa shape index (κ1) is 16.4. The number of nitrogens with zero attached hydrogens (tertiary/aromatic N) is 1. The van der Waals surface area contributed by atoms with E-state index in [1.54, 1.807) is 18.2 Å². The van der Waals surface area contributed by atoms with Crippen molar-refractivity contribution in [1.82, 2.24) is 9.62 Å². The number of nitrogens with one attached hydrogen (secondary N) is 1. The summed E-state index contributed by atoms with van der Waals surface area (Å²) in [6.07, 6.45) is 1.90. The molecular formula is C15H23FN2O2S. The van der Waals surface area contributed by atoms with Crippen molar-refractivity contribution >= 4 is 10.0 Å². The van der Waals surface area contributed by atoms with Crippen molar-refractivity contribution < 1.29 is 12.8 Å². The minimum atomic E-state index is -3.55. The monoisotopic (exact) mass is 314 g/mol. The Kier molecular flexibility index (Phi) is 5.01. The molecule has 118 valence electrons. The largest absolute Gasteiger partial charge is 0.319 e. The first-order valence-corrected chi connectivity index (χ1v) is 8.71. The zero-order valence-electron chi connectivity index (χ0n) is 12.8. The first-order valence-electron chi connectivity index (χ1n) is 7.27. The van der Waals surface area contributed by atoms with Crippen LogP contribution < -0.4 is 5.32 Å². The molecule has 0 aromatic heterocycles. The van der Waals surface area contributed by atoms with Gasteiger partial charge in [-0.1, -0.05) is 0 Å². The van der Waals surface area contributed by atoms with Crippen LogP contribution in [0.2, 0.25) is 0 Å². The molecule has 0 aliphatic carbocycles. The summed E-state index contributed by atoms with van der Waals surface area (Å²) in [5, 5.41) is 3.11. The van der Waals surface area contributed by atoms with Crippen molar-refractivity contribution in [2.75, 3.05) is 26.7 Å². The predicted molar refractivity (Wildman–Crippen MR) is 81.3 cm³/mol. The normalized spacial score (nSPS) is 20.7. The molecule has 1 N–H and O–H groups in total. The Bertz CT molecular complexity index is 591. The highest BCUT2D eigenvalue weighted by Crippen LogP contribution is 2.28. The highest BCUT2D eigenvalue weighted by Gasteiger charge is 2.32. The Morgan fingerprint density at radius 3 is 2.52 bits per heavy atom. The van der Waals surface area contributed by atoms with Crippen LogP contribution in [0.1, 0.15) is 24.0 Å². The fourth-order valence-electron chi connectivity index (χ4n) is 3.13. The quantitative estimate of drug-likeness (QED) is 0.925. The van der Waals surface area contributed by atoms with Gasteiger partial charge in [-0.25, -0.2) is 12.8 Å². The molecule has 1 atom stereocenters. The maximum atomic E-state index is 13.4. The number of hydrogen-bond donors (Lipinski definition) is 1. The van der Waals surface area contributed by atoms with Gasteiger partial charge in [0.05, 0.1) is 4.90 Å². The number of benzene rings is 1. The van der Waals surface area contributed by atoms with E-state index in [0.717, 1.165) is 19.4 Å². The fourth-order valence-corrected chi connectivity index (χ4v) is 5.10. The van der Waals surface area contributed by atoms with Gasteiger partial charge in [-0.3, -0.25) is 0 Å². The molecule has 1 saturated heterocycles. The van der Waals surface area contributed by atoms with E-state index >= 15 is 0 Å². The molecule has 4 nitrogen and oxygen atoms in total. The molecule has 21 heavy (non-hydrogen) atoms. The highest BCUT2D eigenvalue weighted by atomic mass is 32.2. The van der Waals surface area contributed by atoms with Gasteiger partial charge in [-0.05, 0) is 69.5 Å². The van der Waals surface area contributed by atoms with Crippen molar-refractivity contribution in [2.45, 2.75) is 31.6 Å². The van der Waals surface area contributed by atoms with Gasteiger partial charge in [0.15, 0.2) is 0 Å². The average molecular weight is 314 g/mol. The van der Waals surface area contributed by atoms with Crippen molar-refractivity contribution in [1.29, 1.82) is 0 Å². The minimum Gasteiger partial charge on any atom is -0.319 e. The number of hydrogen-bond acceptors (Lipinski definition) is 3. The summed E-state index contributed by atoms with van der Waals surface area (Å²) in [7, 11) is -1.68. The van der Waals surface area contributed by atoms with E-state index in [1.807, 2.05) is 7.05 Å². The molecule has 1 aromatic carbocycles. The van der Waals surface area contributed by atoms with Gasteiger partial charge in [0.1, 0.15) is 5.82 Å². The Morgan fingerprint density at radius 2 is 1.95 bits per heavy atom. The lowest BCUT2D eigenvalue weighted by Crippen LogP contribution is -2.42. The SMILES string of the molecule is CNCC1CCCN(S(=O)(=O)c2c(C)cc(F)cc2C)C1. The summed E-state index contributed by atoms with van der Waals surface area (Å²) in [5.74, 6) is -0.0600. The Morgan fingerprint density at radius 1 is 1.33 bits per heavy atom. The molecule has 1 heterocycles. The van der Waals surface area contributed by atoms with Gasteiger partial charge in [-0.15, -0.1) is 0 Å². The summed E-state index contributed by atoms with van der Waals surface area (Å²) in [5.41, 5.74) is 0.950. The summed E-state index contributed by atoms with van der Waals surface area (Å²) in [6.45, 7) is 5.18. The van der Waals surface area contributed by atoms with Crippen LogP contribution in [0, 0.1) is 25.6 Å². The van der Waals surface area contributed by atoms with E-state index in [9.17, 15) is 12.8 Å². The lowest BCUT2D eigenvalue weighted by atomic mass is 10.00. The smallest absolute Gasteiger partial charge is 0.243 e. The zero-order valence-corrected chi connectivity index (χ0v) is 13.6. The molecule has 0 saturated carbocycles. The van der Waals surface area contributed by atoms with Crippen LogP contribution in [0.4, 0.5) is 4.39 Å². The van der Waals surface area contributed by atoms with Crippen molar-refractivity contribution in [2.24, 2.45) is 5.92 Å². The second-order valence-electron chi connectivity index (χ2n) is 5.80. The van der Waals surface area contributed by atoms with Crippen LogP contribution in [0.15, 0.2) is 17.0 Å². The van der Waals surface area contributed by atoms with Gasteiger partial charge in [0.2, 0.25) is 10.0 Å². The van der Waals surface area contributed by atoms with Gasteiger partial charge in [0, 0.05) is 13.1 Å². The third-order valence-electron chi connectivity index (χ3n) is 4.00. The van der Waals surface area contributed by atoms with E-state index < -0.39 is 15.8 Å². The lowest BCUT2D eigenvalue weighted by Gasteiger charge is -2.32. The summed E-state index contributed by atoms with van der Waals surface area (Å²) in [4.78, 5) is 0.258. The van der Waals surface area contributed by atoms with Crippen molar-refractivity contribution in [3.05, 3.63) is 29.1 Å². The molecule has 1 fully saturated rings. The molecule has 1 unspecified atom stereocenters. The molecule has 1 aromatic rings. The summed E-state index contributed by atoms with van der Waals surface area (Å²) < 4.78 is 40.7. The third-order valence-corrected chi connectivity index (χ3v) is 6.17. The van der Waals surface area contributed by atoms with E-state index in [0.29, 0.717) is 30.1 Å². The van der Waals surface area contributed by atoms with E-state index in [-0.39, 0.29) is 4.90 Å². The maximum Gasteiger partial charge on any atom is 0.243 e. The van der Waals surface area contributed by atoms with Crippen LogP contribution in [0.5, 0.6) is 0 Å². The zero-order chi connectivity index (χ0) is 15.6. The Labute approximate surface area is 126 Å². The van der Waals surface area contributed by atoms with E-state index in [4.69, 9.17) is 0 Å². The third kappa shape index (κ3) is 3.44. The van der Waals surface area contributed by atoms with Crippen LogP contribution in [-0.4, -0.2) is 39.4 Å². The molecule has 0 spiro atoms. The predicted octanol–water partition coefficient (Wildman–Crippen LogP) is 2.06. The van der Waals surface area contributed by atoms with Crippen molar-refractivity contribution in [3.63, 3.8) is 0 Å². The molecule has 0 amide bonds. The van der Waals surface area contributed by atoms with E-state index in [2.05, 4.69) is 5.32 Å². The summed E-state index contributed by atoms with van der Waals surface area (Å²) >= 11 is 0. The molecule has 0 bridgehead atoms. The average Bonchev–Trinajstić information content (AvgIpc) is 2.37. The standard InChI is InChI=1S/C15H23FN2O2S/c1-11-7-14(16)8-12(2)15(11)21(19,20)18-6-4-5-13(10-18)9-17-3/h7-8,13,17H,4-6,9-10H2,1-3H3. The number of aryl methyl sites for hydroxylation is 2. The first-order chi connectivity index (χ1) is 9.86. The molecule has 0 radical (unpaired) electrons. The molecule has 1 aliphatic heterocycles. The maximum absolute atomic E-state index is 13.4. The second kappa shape index (κ2) is 6.42. The highest BCUT2D eigenvalue weighted by molar-refractivity contribution is 7.89. The second-order valence-corrected chi connectivity index (χ2v) is 7.67. The van der Waals surface area contributed by atoms with Crippen LogP contribution in [0.25, 0.3) is 0 Å². The molecule has 1 aliphatic rings. The molecule has 2 rings (SSSR count). The summed E-state index contributed by atoms with van der Waals surface area (Å²) in [6, 6.07) is 2.57. The van der Waals surface area contributed by atoms with Gasteiger partial charge in [0.25, 0.3) is 0 Å². The van der Waals surface area contributed by atoms with Gasteiger partial charge >= 0.3 is 0 Å². The van der Waals surface area contributed by atoms with Crippen molar-refractivity contribution in [3.8, 4) is 0 Å². The van der Waals surface area contributed by atoms with Crippen LogP contribution >= 0.6 is 0 Å². The van der Waals surface area contributed by atoms with Crippen LogP contribution in [-0.2, 0) is 10.0 Å². The molecular weight excluding hydrogens is 291 g/mol. The van der Waals surface area contributed by atoms with Crippen LogP contribution in [0.3, 0.4) is 0 Å². The topological polar surface area (TPSA) is 49.4 Å². The number of sulfonamides is 1. The number of piperidine rings is 1. The van der Waals surface area contributed by atoms with E-state index in [1.165, 1.54) is 12.1 Å².